The molecule has 4 atom stereocenters. The van der Waals surface area contributed by atoms with E-state index in [-0.39, 0.29) is 55.8 Å². The smallest absolute Gasteiger partial charge is 0.411 e. The zero-order chi connectivity index (χ0) is 18.5. The van der Waals surface area contributed by atoms with Crippen LogP contribution < -0.4 is 0 Å². The van der Waals surface area contributed by atoms with Crippen molar-refractivity contribution in [2.45, 2.75) is 77.6 Å². The summed E-state index contributed by atoms with van der Waals surface area (Å²) in [6, 6.07) is -0.304. The normalized spacial score (nSPS) is 24.5. The van der Waals surface area contributed by atoms with Gasteiger partial charge in [0.2, 0.25) is 0 Å². The Bertz CT molecular complexity index is 537. The van der Waals surface area contributed by atoms with Crippen molar-refractivity contribution in [3.8, 4) is 6.07 Å². The van der Waals surface area contributed by atoms with Gasteiger partial charge in [0.25, 0.3) is 0 Å². The second kappa shape index (κ2) is 10.7. The SMILES string of the molecule is C/C=C\[C@@H]1C[C@H](C#N)N(C(=O)OC(C)(C)C)[C@H]1[C@@H]([NH-])C(=O)CCC.[Ac]. The molecular weight excluding hydrogens is 533 g/mol. The van der Waals surface area contributed by atoms with Crippen LogP contribution in [0.1, 0.15) is 53.9 Å². The quantitative estimate of drug-likeness (QED) is 0.477. The van der Waals surface area contributed by atoms with Gasteiger partial charge in [-0.15, -0.1) is 0 Å². The van der Waals surface area contributed by atoms with Gasteiger partial charge in [-0.25, -0.2) is 4.79 Å². The van der Waals surface area contributed by atoms with Crippen molar-refractivity contribution in [2.24, 2.45) is 5.92 Å². The summed E-state index contributed by atoms with van der Waals surface area (Å²) in [6.07, 6.45) is 4.45. The van der Waals surface area contributed by atoms with Crippen LogP contribution in [0.25, 0.3) is 5.73 Å². The Kier molecular flexibility index (Phi) is 10.5. The van der Waals surface area contributed by atoms with Crippen molar-refractivity contribution in [3.63, 3.8) is 0 Å². The summed E-state index contributed by atoms with van der Waals surface area (Å²) in [5.41, 5.74) is 7.66. The molecule has 25 heavy (non-hydrogen) atoms. The number of nitrogens with one attached hydrogen (secondary N) is 1. The second-order valence-electron chi connectivity index (χ2n) is 7.14. The third-order valence-corrected chi connectivity index (χ3v) is 3.97. The number of carbonyl (C=O) groups excluding carboxylic acids is 2. The van der Waals surface area contributed by atoms with Crippen LogP contribution in [0.2, 0.25) is 0 Å². The van der Waals surface area contributed by atoms with Gasteiger partial charge in [0.15, 0.2) is 0 Å². The van der Waals surface area contributed by atoms with Crippen LogP contribution in [0.15, 0.2) is 12.2 Å². The van der Waals surface area contributed by atoms with Crippen LogP contribution in [-0.2, 0) is 9.53 Å². The third-order valence-electron chi connectivity index (χ3n) is 3.97. The van der Waals surface area contributed by atoms with E-state index < -0.39 is 29.8 Å². The van der Waals surface area contributed by atoms with Crippen molar-refractivity contribution in [1.29, 1.82) is 5.26 Å². The van der Waals surface area contributed by atoms with E-state index in [4.69, 9.17) is 10.5 Å². The number of ether oxygens (including phenoxy) is 1. The second-order valence-corrected chi connectivity index (χ2v) is 7.14. The molecule has 1 aliphatic heterocycles. The van der Waals surface area contributed by atoms with Crippen molar-refractivity contribution >= 4 is 11.9 Å². The number of rotatable bonds is 5. The number of amides is 1. The fourth-order valence-corrected chi connectivity index (χ4v) is 3.04. The van der Waals surface area contributed by atoms with Gasteiger partial charge >= 0.3 is 6.09 Å². The summed E-state index contributed by atoms with van der Waals surface area (Å²) in [4.78, 5) is 26.2. The molecule has 1 aliphatic rings. The summed E-state index contributed by atoms with van der Waals surface area (Å²) in [7, 11) is 0. The van der Waals surface area contributed by atoms with Gasteiger partial charge in [0.1, 0.15) is 17.4 Å². The molecule has 1 N–H and O–H groups in total. The Balaban J connectivity index is 0.00000576. The Morgan fingerprint density at radius 3 is 2.48 bits per heavy atom. The molecule has 1 fully saturated rings. The standard InChI is InChI=1S/C18H28N3O3.Ac/c1-6-8-12-10-13(11-19)21(17(23)24-18(3,4)5)16(12)15(20)14(22)9-7-2;/h6,8,12-13,15-16,20H,7,9-10H2,1-5H3;/q-1;/b8-6-;/t12-,13-,15+,16-;/m1./s1. The van der Waals surface area contributed by atoms with Gasteiger partial charge in [0, 0.05) is 56.5 Å². The Hall–Kier alpha value is -0.428. The summed E-state index contributed by atoms with van der Waals surface area (Å²) >= 11 is 0. The first-order chi connectivity index (χ1) is 11.2. The number of hydrogen-bond acceptors (Lipinski definition) is 4. The molecule has 0 aromatic rings. The average molecular weight is 561 g/mol. The van der Waals surface area contributed by atoms with Crippen LogP contribution in [0, 0.1) is 61.3 Å². The summed E-state index contributed by atoms with van der Waals surface area (Å²) in [5, 5.41) is 9.44. The maximum Gasteiger partial charge on any atom is 0.411 e. The predicted molar refractivity (Wildman–Crippen MR) is 92.2 cm³/mol. The summed E-state index contributed by atoms with van der Waals surface area (Å²) in [6.45, 7) is 8.98. The Morgan fingerprint density at radius 2 is 2.04 bits per heavy atom. The number of carbonyl (C=O) groups is 2. The predicted octanol–water partition coefficient (Wildman–Crippen LogP) is 3.87. The molecule has 1 heterocycles. The van der Waals surface area contributed by atoms with E-state index in [9.17, 15) is 14.9 Å². The van der Waals surface area contributed by atoms with Crippen LogP contribution in [0.4, 0.5) is 4.79 Å². The molecule has 1 radical (unpaired) electrons. The number of nitriles is 1. The number of nitrogens with zero attached hydrogens (tertiary/aromatic N) is 2. The molecule has 0 unspecified atom stereocenters. The number of allylic oxidation sites excluding steroid dienone is 1. The van der Waals surface area contributed by atoms with Gasteiger partial charge in [-0.1, -0.05) is 25.1 Å². The molecule has 0 aliphatic carbocycles. The molecule has 0 aromatic carbocycles. The molecular formula is C18H28AcN3O3-. The first-order valence-corrected chi connectivity index (χ1v) is 8.43. The van der Waals surface area contributed by atoms with Crippen molar-refractivity contribution in [2.75, 3.05) is 0 Å². The van der Waals surface area contributed by atoms with Crippen LogP contribution in [0.5, 0.6) is 0 Å². The van der Waals surface area contributed by atoms with E-state index in [0.29, 0.717) is 19.3 Å². The fraction of sp³-hybridized carbons (Fsp3) is 0.722. The van der Waals surface area contributed by atoms with Crippen molar-refractivity contribution in [3.05, 3.63) is 17.9 Å². The van der Waals surface area contributed by atoms with Gasteiger partial charge < -0.3 is 15.3 Å². The minimum atomic E-state index is -1.07. The maximum absolute atomic E-state index is 12.6. The van der Waals surface area contributed by atoms with E-state index in [0.717, 1.165) is 0 Å². The largest absolute Gasteiger partial charge is 0.667 e. The van der Waals surface area contributed by atoms with E-state index in [1.807, 2.05) is 26.0 Å². The molecule has 1 amide bonds. The first kappa shape index (κ1) is 24.6. The molecule has 1 saturated heterocycles. The molecule has 0 spiro atoms. The van der Waals surface area contributed by atoms with Crippen LogP contribution in [-0.4, -0.2) is 40.5 Å². The van der Waals surface area contributed by atoms with E-state index in [1.165, 1.54) is 4.90 Å². The minimum Gasteiger partial charge on any atom is -0.667 e. The van der Waals surface area contributed by atoms with E-state index in [2.05, 4.69) is 6.07 Å². The first-order valence-electron chi connectivity index (χ1n) is 8.43. The van der Waals surface area contributed by atoms with Crippen molar-refractivity contribution < 1.29 is 58.4 Å². The van der Waals surface area contributed by atoms with Gasteiger partial charge in [-0.05, 0) is 46.5 Å². The molecule has 1 rings (SSSR count). The van der Waals surface area contributed by atoms with Crippen LogP contribution >= 0.6 is 0 Å². The third kappa shape index (κ3) is 6.66. The molecule has 7 heteroatoms. The minimum absolute atomic E-state index is 0. The zero-order valence-electron chi connectivity index (χ0n) is 15.8. The Morgan fingerprint density at radius 1 is 1.44 bits per heavy atom. The Labute approximate surface area is 186 Å². The number of Topliss-reactive ketones (excluding diaryl/α,β-unsaturated/α-hetero) is 1. The van der Waals surface area contributed by atoms with Crippen LogP contribution in [0.3, 0.4) is 0 Å². The zero-order valence-corrected chi connectivity index (χ0v) is 20.5. The summed E-state index contributed by atoms with van der Waals surface area (Å²) < 4.78 is 5.42. The van der Waals surface area contributed by atoms with E-state index in [1.54, 1.807) is 20.8 Å². The monoisotopic (exact) mass is 561 g/mol. The van der Waals surface area contributed by atoms with Gasteiger partial charge in [-0.2, -0.15) is 5.26 Å². The van der Waals surface area contributed by atoms with E-state index >= 15 is 0 Å². The maximum atomic E-state index is 12.6. The molecule has 0 bridgehead atoms. The molecule has 6 nitrogen and oxygen atoms in total. The molecule has 0 saturated carbocycles. The van der Waals surface area contributed by atoms with Crippen molar-refractivity contribution in [1.82, 2.24) is 4.90 Å². The van der Waals surface area contributed by atoms with Gasteiger partial charge in [-0.3, -0.25) is 4.90 Å². The molecule has 0 aromatic heterocycles. The van der Waals surface area contributed by atoms with Gasteiger partial charge in [0.05, 0.1) is 6.07 Å². The summed E-state index contributed by atoms with van der Waals surface area (Å²) in [5.74, 6) is -0.403. The number of likely N-dealkylation sites (tertiary alicyclic amines) is 1. The number of hydrogen-bond donors (Lipinski definition) is 0. The fourth-order valence-electron chi connectivity index (χ4n) is 3.04. The topological polar surface area (TPSA) is 94.2 Å². The molecule has 137 valence electrons. The number of ketones is 1. The average Bonchev–Trinajstić information content (AvgIpc) is 2.84.